The van der Waals surface area contributed by atoms with Crippen LogP contribution in [-0.4, -0.2) is 16.9 Å². The summed E-state index contributed by atoms with van der Waals surface area (Å²) in [6.45, 7) is 0. The van der Waals surface area contributed by atoms with Gasteiger partial charge in [0.05, 0.1) is 5.25 Å². The maximum absolute atomic E-state index is 13.4. The number of carbonyl (C=O) groups excluding carboxylic acids is 2. The van der Waals surface area contributed by atoms with Crippen molar-refractivity contribution in [2.75, 3.05) is 4.90 Å². The van der Waals surface area contributed by atoms with Crippen LogP contribution in [0.25, 0.3) is 0 Å². The van der Waals surface area contributed by atoms with Crippen LogP contribution in [0.1, 0.15) is 15.9 Å². The Morgan fingerprint density at radius 3 is 2.23 bits per heavy atom. The lowest BCUT2D eigenvalue weighted by molar-refractivity contribution is -0.117. The van der Waals surface area contributed by atoms with Gasteiger partial charge in [-0.1, -0.05) is 90.1 Å². The third-order valence-electron chi connectivity index (χ3n) is 4.92. The number of thioether (sulfide) groups is 1. The van der Waals surface area contributed by atoms with E-state index in [4.69, 9.17) is 11.6 Å². The number of rotatable bonds is 5. The summed E-state index contributed by atoms with van der Waals surface area (Å²) >= 11 is 7.54. The summed E-state index contributed by atoms with van der Waals surface area (Å²) in [6, 6.07) is 27.1. The predicted octanol–water partition coefficient (Wildman–Crippen LogP) is 5.65. The number of anilines is 1. The summed E-state index contributed by atoms with van der Waals surface area (Å²) < 4.78 is 0. The first-order valence-corrected chi connectivity index (χ1v) is 10.9. The molecule has 0 bridgehead atoms. The van der Waals surface area contributed by atoms with Gasteiger partial charge in [-0.15, -0.1) is 0 Å². The van der Waals surface area contributed by atoms with E-state index in [1.807, 2.05) is 42.5 Å². The van der Waals surface area contributed by atoms with Crippen molar-refractivity contribution in [2.24, 2.45) is 0 Å². The molecule has 3 aromatic rings. The highest BCUT2D eigenvalue weighted by atomic mass is 35.5. The lowest BCUT2D eigenvalue weighted by Gasteiger charge is -2.18. The summed E-state index contributed by atoms with van der Waals surface area (Å²) in [7, 11) is 0. The van der Waals surface area contributed by atoms with E-state index in [2.05, 4.69) is 0 Å². The van der Waals surface area contributed by atoms with Gasteiger partial charge in [0, 0.05) is 16.3 Å². The molecule has 4 rings (SSSR count). The molecule has 1 atom stereocenters. The third kappa shape index (κ3) is 4.27. The van der Waals surface area contributed by atoms with E-state index < -0.39 is 11.0 Å². The molecule has 3 aromatic carbocycles. The van der Waals surface area contributed by atoms with Crippen LogP contribution in [0.5, 0.6) is 0 Å². The van der Waals surface area contributed by atoms with Crippen LogP contribution in [0, 0.1) is 11.3 Å². The number of para-hydroxylation sites is 1. The second-order valence-electron chi connectivity index (χ2n) is 6.90. The summed E-state index contributed by atoms with van der Waals surface area (Å²) in [5.41, 5.74) is 1.82. The van der Waals surface area contributed by atoms with Crippen LogP contribution < -0.4 is 4.90 Å². The number of benzene rings is 3. The first-order chi connectivity index (χ1) is 15.1. The molecule has 1 heterocycles. The summed E-state index contributed by atoms with van der Waals surface area (Å²) in [4.78, 5) is 28.0. The molecule has 1 saturated heterocycles. The average Bonchev–Trinajstić information content (AvgIpc) is 3.12. The molecule has 4 nitrogen and oxygen atoms in total. The molecule has 31 heavy (non-hydrogen) atoms. The van der Waals surface area contributed by atoms with Crippen molar-refractivity contribution < 1.29 is 9.59 Å². The molecule has 0 spiro atoms. The maximum Gasteiger partial charge on any atom is 0.245 e. The maximum atomic E-state index is 13.4. The van der Waals surface area contributed by atoms with Crippen LogP contribution in [0.4, 0.5) is 5.69 Å². The van der Waals surface area contributed by atoms with Gasteiger partial charge < -0.3 is 0 Å². The van der Waals surface area contributed by atoms with Crippen molar-refractivity contribution in [3.63, 3.8) is 0 Å². The first-order valence-electron chi connectivity index (χ1n) is 9.63. The molecule has 0 N–H and O–H groups in total. The molecule has 1 amide bonds. The molecule has 0 unspecified atom stereocenters. The van der Waals surface area contributed by atoms with Crippen molar-refractivity contribution in [2.45, 2.75) is 11.7 Å². The zero-order valence-corrected chi connectivity index (χ0v) is 17.9. The van der Waals surface area contributed by atoms with E-state index in [-0.39, 0.29) is 11.5 Å². The largest absolute Gasteiger partial charge is 0.288 e. The molecule has 0 aromatic heterocycles. The van der Waals surface area contributed by atoms with E-state index in [0.717, 1.165) is 5.56 Å². The van der Waals surface area contributed by atoms with Crippen molar-refractivity contribution in [3.05, 3.63) is 112 Å². The number of hydrogen-bond donors (Lipinski definition) is 0. The fourth-order valence-corrected chi connectivity index (χ4v) is 4.90. The highest BCUT2D eigenvalue weighted by molar-refractivity contribution is 8.05. The number of hydrogen-bond acceptors (Lipinski definition) is 4. The average molecular weight is 445 g/mol. The number of allylic oxidation sites excluding steroid dienone is 1. The Bertz CT molecular complexity index is 1200. The van der Waals surface area contributed by atoms with E-state index in [9.17, 15) is 14.9 Å². The molecular formula is C25H17ClN2O2S. The molecule has 1 fully saturated rings. The molecule has 152 valence electrons. The topological polar surface area (TPSA) is 61.2 Å². The molecule has 1 aliphatic heterocycles. The number of nitrogens with zero attached hydrogens (tertiary/aromatic N) is 2. The van der Waals surface area contributed by atoms with Crippen molar-refractivity contribution in [3.8, 4) is 6.07 Å². The summed E-state index contributed by atoms with van der Waals surface area (Å²) in [5.74, 6) is -0.586. The van der Waals surface area contributed by atoms with Crippen molar-refractivity contribution in [1.82, 2.24) is 0 Å². The Labute approximate surface area is 189 Å². The number of nitriles is 1. The molecule has 0 aliphatic carbocycles. The standard InChI is InChI=1S/C25H17ClN2O2S/c26-21-14-8-7-11-18(21)15-22-24(30)28(19-12-5-2-6-13-19)25(31-22)20(16-27)23(29)17-9-3-1-4-10-17/h1-14,22H,15H2/b25-20+/t22-/m1/s1. The second kappa shape index (κ2) is 9.22. The molecule has 1 aliphatic rings. The first kappa shape index (κ1) is 20.9. The van der Waals surface area contributed by atoms with E-state index in [1.165, 1.54) is 16.7 Å². The van der Waals surface area contributed by atoms with Gasteiger partial charge in [-0.3, -0.25) is 14.5 Å². The van der Waals surface area contributed by atoms with Gasteiger partial charge in [-0.05, 0) is 30.2 Å². The Morgan fingerprint density at radius 2 is 1.58 bits per heavy atom. The Hall–Kier alpha value is -3.33. The quantitative estimate of drug-likeness (QED) is 0.290. The Kier molecular flexibility index (Phi) is 6.22. The minimum Gasteiger partial charge on any atom is -0.288 e. The number of carbonyl (C=O) groups is 2. The van der Waals surface area contributed by atoms with Crippen LogP contribution in [0.15, 0.2) is 95.5 Å². The number of halogens is 1. The zero-order valence-electron chi connectivity index (χ0n) is 16.4. The van der Waals surface area contributed by atoms with Gasteiger partial charge in [-0.25, -0.2) is 0 Å². The van der Waals surface area contributed by atoms with Crippen LogP contribution in [-0.2, 0) is 11.2 Å². The highest BCUT2D eigenvalue weighted by Crippen LogP contribution is 2.42. The van der Waals surface area contributed by atoms with Gasteiger partial charge >= 0.3 is 0 Å². The van der Waals surface area contributed by atoms with Gasteiger partial charge in [0.15, 0.2) is 0 Å². The van der Waals surface area contributed by atoms with E-state index in [0.29, 0.717) is 27.7 Å². The Morgan fingerprint density at radius 1 is 0.968 bits per heavy atom. The minimum atomic E-state index is -0.498. The van der Waals surface area contributed by atoms with Crippen LogP contribution in [0.2, 0.25) is 5.02 Å². The lowest BCUT2D eigenvalue weighted by Crippen LogP contribution is -2.30. The zero-order chi connectivity index (χ0) is 21.8. The van der Waals surface area contributed by atoms with Gasteiger partial charge in [-0.2, -0.15) is 5.26 Å². The van der Waals surface area contributed by atoms with E-state index in [1.54, 1.807) is 48.5 Å². The highest BCUT2D eigenvalue weighted by Gasteiger charge is 2.41. The SMILES string of the molecule is N#C/C(C(=O)c1ccccc1)=C1\S[C@H](Cc2ccccc2Cl)C(=O)N1c1ccccc1. The van der Waals surface area contributed by atoms with Crippen LogP contribution >= 0.6 is 23.4 Å². The molecule has 0 saturated carbocycles. The summed E-state index contributed by atoms with van der Waals surface area (Å²) in [6.07, 6.45) is 0.397. The number of ketones is 1. The number of Topliss-reactive ketones (excluding diaryl/α,β-unsaturated/α-hetero) is 1. The number of amides is 1. The van der Waals surface area contributed by atoms with Gasteiger partial charge in [0.1, 0.15) is 16.7 Å². The van der Waals surface area contributed by atoms with Crippen LogP contribution in [0.3, 0.4) is 0 Å². The monoisotopic (exact) mass is 444 g/mol. The van der Waals surface area contributed by atoms with Crippen molar-refractivity contribution >= 4 is 40.7 Å². The van der Waals surface area contributed by atoms with Gasteiger partial charge in [0.2, 0.25) is 11.7 Å². The van der Waals surface area contributed by atoms with Crippen molar-refractivity contribution in [1.29, 1.82) is 5.26 Å². The minimum absolute atomic E-state index is 0.0462. The molecule has 6 heteroatoms. The molecule has 0 radical (unpaired) electrons. The predicted molar refractivity (Wildman–Crippen MR) is 124 cm³/mol. The normalized spacial score (nSPS) is 17.4. The lowest BCUT2D eigenvalue weighted by atomic mass is 10.0. The second-order valence-corrected chi connectivity index (χ2v) is 8.50. The fraction of sp³-hybridized carbons (Fsp3) is 0.0800. The molecular weight excluding hydrogens is 428 g/mol. The van der Waals surface area contributed by atoms with E-state index >= 15 is 0 Å². The Balaban J connectivity index is 1.79. The third-order valence-corrected chi connectivity index (χ3v) is 6.55. The smallest absolute Gasteiger partial charge is 0.245 e. The fourth-order valence-electron chi connectivity index (χ4n) is 3.40. The van der Waals surface area contributed by atoms with Gasteiger partial charge in [0.25, 0.3) is 0 Å². The summed E-state index contributed by atoms with van der Waals surface area (Å²) in [5, 5.41) is 10.3.